The van der Waals surface area contributed by atoms with E-state index < -0.39 is 0 Å². The molecule has 1 amide bonds. The Morgan fingerprint density at radius 3 is 3.17 bits per heavy atom. The Morgan fingerprint density at radius 1 is 1.50 bits per heavy atom. The molecule has 0 N–H and O–H groups in total. The first-order chi connectivity index (χ1) is 5.77. The van der Waals surface area contributed by atoms with Gasteiger partial charge in [-0.25, -0.2) is 4.99 Å². The fourth-order valence-electron chi connectivity index (χ4n) is 1.18. The van der Waals surface area contributed by atoms with Crippen LogP contribution in [0.4, 0.5) is 0 Å². The fraction of sp³-hybridized carbons (Fsp3) is 0.111. The van der Waals surface area contributed by atoms with Crippen molar-refractivity contribution in [2.45, 2.75) is 6.42 Å². The van der Waals surface area contributed by atoms with Crippen LogP contribution in [0.15, 0.2) is 39.4 Å². The van der Waals surface area contributed by atoms with Crippen LogP contribution >= 0.6 is 15.9 Å². The fourth-order valence-corrected chi connectivity index (χ4v) is 1.52. The largest absolute Gasteiger partial charge is 0.284 e. The highest BCUT2D eigenvalue weighted by molar-refractivity contribution is 9.12. The van der Waals surface area contributed by atoms with E-state index in [-0.39, 0.29) is 5.91 Å². The molecule has 0 aromatic rings. The van der Waals surface area contributed by atoms with Crippen molar-refractivity contribution in [2.24, 2.45) is 4.99 Å². The van der Waals surface area contributed by atoms with Gasteiger partial charge in [0.25, 0.3) is 5.91 Å². The molecule has 0 fully saturated rings. The molecule has 1 heterocycles. The van der Waals surface area contributed by atoms with E-state index >= 15 is 0 Å². The van der Waals surface area contributed by atoms with Crippen molar-refractivity contribution in [3.63, 3.8) is 0 Å². The summed E-state index contributed by atoms with van der Waals surface area (Å²) in [6.45, 7) is 0. The average molecular weight is 224 g/mol. The molecule has 1 aliphatic heterocycles. The van der Waals surface area contributed by atoms with Crippen LogP contribution in [0.25, 0.3) is 0 Å². The summed E-state index contributed by atoms with van der Waals surface area (Å²) in [6.07, 6.45) is 8.49. The van der Waals surface area contributed by atoms with Crippen LogP contribution < -0.4 is 0 Å². The molecule has 0 saturated heterocycles. The summed E-state index contributed by atoms with van der Waals surface area (Å²) in [5.41, 5.74) is 1.90. The molecular weight excluding hydrogens is 218 g/mol. The van der Waals surface area contributed by atoms with Gasteiger partial charge in [-0.3, -0.25) is 4.79 Å². The number of hydrogen-bond donors (Lipinski definition) is 0. The SMILES string of the molecule is O=C1N=C2CC=CC=C2C=C1Br. The molecule has 12 heavy (non-hydrogen) atoms. The summed E-state index contributed by atoms with van der Waals surface area (Å²) < 4.78 is 0.535. The lowest BCUT2D eigenvalue weighted by Gasteiger charge is -2.12. The quantitative estimate of drug-likeness (QED) is 0.619. The van der Waals surface area contributed by atoms with Crippen LogP contribution in [-0.4, -0.2) is 11.6 Å². The summed E-state index contributed by atoms with van der Waals surface area (Å²) in [7, 11) is 0. The highest BCUT2D eigenvalue weighted by Crippen LogP contribution is 2.22. The van der Waals surface area contributed by atoms with Crippen LogP contribution in [0.3, 0.4) is 0 Å². The molecular formula is C9H6BrNO. The summed E-state index contributed by atoms with van der Waals surface area (Å²) in [5.74, 6) is -0.183. The van der Waals surface area contributed by atoms with Gasteiger partial charge in [-0.1, -0.05) is 18.2 Å². The lowest BCUT2D eigenvalue weighted by Crippen LogP contribution is -2.12. The minimum absolute atomic E-state index is 0.183. The maximum absolute atomic E-state index is 11.1. The number of carbonyl (C=O) groups is 1. The summed E-state index contributed by atoms with van der Waals surface area (Å²) in [4.78, 5) is 15.0. The molecule has 0 aromatic heterocycles. The number of allylic oxidation sites excluding steroid dienone is 5. The van der Waals surface area contributed by atoms with E-state index in [0.717, 1.165) is 17.7 Å². The predicted molar refractivity (Wildman–Crippen MR) is 51.3 cm³/mol. The van der Waals surface area contributed by atoms with Gasteiger partial charge in [0.05, 0.1) is 10.2 Å². The van der Waals surface area contributed by atoms with E-state index in [2.05, 4.69) is 20.9 Å². The average Bonchev–Trinajstić information content (AvgIpc) is 2.07. The van der Waals surface area contributed by atoms with E-state index in [0.29, 0.717) is 4.48 Å². The number of rotatable bonds is 0. The van der Waals surface area contributed by atoms with Crippen molar-refractivity contribution in [3.05, 3.63) is 34.4 Å². The molecule has 0 atom stereocenters. The van der Waals surface area contributed by atoms with E-state index in [9.17, 15) is 4.79 Å². The van der Waals surface area contributed by atoms with Gasteiger partial charge in [-0.2, -0.15) is 0 Å². The molecule has 2 rings (SSSR count). The number of hydrogen-bond acceptors (Lipinski definition) is 1. The third-order valence-electron chi connectivity index (χ3n) is 1.78. The van der Waals surface area contributed by atoms with Crippen LogP contribution in [0, 0.1) is 0 Å². The zero-order valence-corrected chi connectivity index (χ0v) is 7.84. The van der Waals surface area contributed by atoms with E-state index in [1.807, 2.05) is 24.3 Å². The number of amides is 1. The zero-order chi connectivity index (χ0) is 8.55. The molecule has 2 nitrogen and oxygen atoms in total. The zero-order valence-electron chi connectivity index (χ0n) is 6.25. The van der Waals surface area contributed by atoms with Crippen LogP contribution in [0.5, 0.6) is 0 Å². The predicted octanol–water partition coefficient (Wildman–Crippen LogP) is 2.13. The maximum atomic E-state index is 11.1. The van der Waals surface area contributed by atoms with Gasteiger partial charge in [0.2, 0.25) is 0 Å². The van der Waals surface area contributed by atoms with E-state index in [4.69, 9.17) is 0 Å². The van der Waals surface area contributed by atoms with Crippen molar-refractivity contribution in [2.75, 3.05) is 0 Å². The third kappa shape index (κ3) is 1.20. The van der Waals surface area contributed by atoms with Crippen LogP contribution in [0.1, 0.15) is 6.42 Å². The Balaban J connectivity index is 2.47. The van der Waals surface area contributed by atoms with Gasteiger partial charge in [0.1, 0.15) is 0 Å². The van der Waals surface area contributed by atoms with Gasteiger partial charge >= 0.3 is 0 Å². The van der Waals surface area contributed by atoms with Gasteiger partial charge in [0, 0.05) is 6.42 Å². The molecule has 0 radical (unpaired) electrons. The van der Waals surface area contributed by atoms with E-state index in [1.165, 1.54) is 0 Å². The number of nitrogens with zero attached hydrogens (tertiary/aromatic N) is 1. The maximum Gasteiger partial charge on any atom is 0.284 e. The van der Waals surface area contributed by atoms with Gasteiger partial charge in [-0.15, -0.1) is 0 Å². The molecule has 0 unspecified atom stereocenters. The Hall–Kier alpha value is -0.960. The highest BCUT2D eigenvalue weighted by atomic mass is 79.9. The minimum atomic E-state index is -0.183. The number of dihydropyridines is 1. The smallest absolute Gasteiger partial charge is 0.266 e. The van der Waals surface area contributed by atoms with Gasteiger partial charge in [0.15, 0.2) is 0 Å². The van der Waals surface area contributed by atoms with E-state index in [1.54, 1.807) is 0 Å². The Labute approximate surface area is 78.5 Å². The number of aliphatic imine (C=N–C) groups is 1. The normalized spacial score (nSPS) is 21.1. The first kappa shape index (κ1) is 7.68. The molecule has 1 aliphatic carbocycles. The number of fused-ring (bicyclic) bond motifs is 1. The molecule has 2 aliphatic rings. The van der Waals surface area contributed by atoms with Crippen molar-refractivity contribution in [1.29, 1.82) is 0 Å². The van der Waals surface area contributed by atoms with Crippen molar-refractivity contribution < 1.29 is 4.79 Å². The van der Waals surface area contributed by atoms with Crippen molar-refractivity contribution >= 4 is 27.5 Å². The Bertz CT molecular complexity index is 361. The standard InChI is InChI=1S/C9H6BrNO/c10-7-5-6-3-1-2-4-8(6)11-9(7)12/h1-3,5H,4H2. The molecule has 0 saturated carbocycles. The first-order valence-electron chi connectivity index (χ1n) is 3.63. The topological polar surface area (TPSA) is 29.4 Å². The Kier molecular flexibility index (Phi) is 1.81. The number of carbonyl (C=O) groups excluding carboxylic acids is 1. The minimum Gasteiger partial charge on any atom is -0.266 e. The number of halogens is 1. The molecule has 0 spiro atoms. The second-order valence-corrected chi connectivity index (χ2v) is 3.46. The summed E-state index contributed by atoms with van der Waals surface area (Å²) in [5, 5.41) is 0. The molecule has 0 bridgehead atoms. The third-order valence-corrected chi connectivity index (χ3v) is 2.35. The van der Waals surface area contributed by atoms with Gasteiger partial charge in [-0.05, 0) is 27.6 Å². The Morgan fingerprint density at radius 2 is 2.33 bits per heavy atom. The summed E-state index contributed by atoms with van der Waals surface area (Å²) in [6, 6.07) is 0. The second-order valence-electron chi connectivity index (χ2n) is 2.61. The second kappa shape index (κ2) is 2.83. The van der Waals surface area contributed by atoms with Gasteiger partial charge < -0.3 is 0 Å². The first-order valence-corrected chi connectivity index (χ1v) is 4.43. The molecule has 60 valence electrons. The van der Waals surface area contributed by atoms with Crippen molar-refractivity contribution in [1.82, 2.24) is 0 Å². The summed E-state index contributed by atoms with van der Waals surface area (Å²) >= 11 is 3.16. The molecule has 3 heteroatoms. The van der Waals surface area contributed by atoms with Crippen molar-refractivity contribution in [3.8, 4) is 0 Å². The molecule has 0 aromatic carbocycles. The van der Waals surface area contributed by atoms with Crippen LogP contribution in [0.2, 0.25) is 0 Å². The highest BCUT2D eigenvalue weighted by Gasteiger charge is 2.17. The lowest BCUT2D eigenvalue weighted by molar-refractivity contribution is -0.113. The lowest BCUT2D eigenvalue weighted by atomic mass is 10.0. The monoisotopic (exact) mass is 223 g/mol. The van der Waals surface area contributed by atoms with Crippen LogP contribution in [-0.2, 0) is 4.79 Å².